The SMILES string of the molecule is CCCCCCCCCCCCCCCC(CCC=O)C(C)(C)C(=O)O. The Kier molecular flexibility index (Phi) is 15.8. The van der Waals surface area contributed by atoms with Gasteiger partial charge in [0.25, 0.3) is 0 Å². The minimum Gasteiger partial charge on any atom is -0.481 e. The van der Waals surface area contributed by atoms with Crippen molar-refractivity contribution in [2.24, 2.45) is 11.3 Å². The maximum absolute atomic E-state index is 11.5. The van der Waals surface area contributed by atoms with Crippen LogP contribution in [0.4, 0.5) is 0 Å². The zero-order valence-corrected chi connectivity index (χ0v) is 17.7. The van der Waals surface area contributed by atoms with Gasteiger partial charge in [-0.15, -0.1) is 0 Å². The summed E-state index contributed by atoms with van der Waals surface area (Å²) in [6.45, 7) is 5.86. The fourth-order valence-electron chi connectivity index (χ4n) is 3.72. The average Bonchev–Trinajstić information content (AvgIpc) is 2.61. The molecule has 0 aromatic heterocycles. The molecule has 1 unspecified atom stereocenters. The van der Waals surface area contributed by atoms with Crippen LogP contribution < -0.4 is 0 Å². The first-order chi connectivity index (χ1) is 12.5. The van der Waals surface area contributed by atoms with Crippen LogP contribution in [0.2, 0.25) is 0 Å². The maximum atomic E-state index is 11.5. The molecule has 0 heterocycles. The van der Waals surface area contributed by atoms with Gasteiger partial charge in [0.15, 0.2) is 0 Å². The van der Waals surface area contributed by atoms with E-state index in [1.54, 1.807) is 13.8 Å². The van der Waals surface area contributed by atoms with Gasteiger partial charge < -0.3 is 9.90 Å². The number of carboxylic acids is 1. The largest absolute Gasteiger partial charge is 0.481 e. The Hall–Kier alpha value is -0.860. The van der Waals surface area contributed by atoms with E-state index in [2.05, 4.69) is 6.92 Å². The predicted molar refractivity (Wildman–Crippen MR) is 111 cm³/mol. The Bertz CT molecular complexity index is 349. The number of hydrogen-bond donors (Lipinski definition) is 1. The van der Waals surface area contributed by atoms with Crippen LogP contribution in [-0.4, -0.2) is 17.4 Å². The Balaban J connectivity index is 3.66. The van der Waals surface area contributed by atoms with Gasteiger partial charge in [0.2, 0.25) is 0 Å². The molecule has 0 saturated carbocycles. The van der Waals surface area contributed by atoms with Crippen LogP contribution in [-0.2, 0) is 9.59 Å². The number of rotatable bonds is 19. The van der Waals surface area contributed by atoms with Crippen molar-refractivity contribution in [3.8, 4) is 0 Å². The van der Waals surface area contributed by atoms with Crippen molar-refractivity contribution in [2.75, 3.05) is 0 Å². The van der Waals surface area contributed by atoms with E-state index < -0.39 is 11.4 Å². The fourth-order valence-corrected chi connectivity index (χ4v) is 3.72. The fraction of sp³-hybridized carbons (Fsp3) is 0.913. The third-order valence-corrected chi connectivity index (χ3v) is 5.86. The Labute approximate surface area is 162 Å². The van der Waals surface area contributed by atoms with Gasteiger partial charge in [0.05, 0.1) is 5.41 Å². The molecule has 0 fully saturated rings. The molecule has 1 atom stereocenters. The highest BCUT2D eigenvalue weighted by molar-refractivity contribution is 5.74. The summed E-state index contributed by atoms with van der Waals surface area (Å²) in [5.74, 6) is -0.652. The second-order valence-corrected chi connectivity index (χ2v) is 8.50. The number of aldehydes is 1. The topological polar surface area (TPSA) is 54.4 Å². The molecule has 26 heavy (non-hydrogen) atoms. The van der Waals surface area contributed by atoms with Crippen molar-refractivity contribution < 1.29 is 14.7 Å². The smallest absolute Gasteiger partial charge is 0.309 e. The second-order valence-electron chi connectivity index (χ2n) is 8.50. The van der Waals surface area contributed by atoms with Gasteiger partial charge in [0.1, 0.15) is 6.29 Å². The van der Waals surface area contributed by atoms with Crippen molar-refractivity contribution in [3.05, 3.63) is 0 Å². The molecular weight excluding hydrogens is 324 g/mol. The molecule has 154 valence electrons. The standard InChI is InChI=1S/C23H44O3/c1-4-5-6-7-8-9-10-11-12-13-14-15-16-18-21(19-17-20-24)23(2,3)22(25)26/h20-21H,4-19H2,1-3H3,(H,25,26). The van der Waals surface area contributed by atoms with Crippen molar-refractivity contribution >= 4 is 12.3 Å². The highest BCUT2D eigenvalue weighted by Crippen LogP contribution is 2.34. The van der Waals surface area contributed by atoms with Crippen LogP contribution in [0.3, 0.4) is 0 Å². The van der Waals surface area contributed by atoms with Crippen molar-refractivity contribution in [2.45, 2.75) is 124 Å². The zero-order valence-electron chi connectivity index (χ0n) is 17.7. The van der Waals surface area contributed by atoms with E-state index in [-0.39, 0.29) is 5.92 Å². The highest BCUT2D eigenvalue weighted by atomic mass is 16.4. The highest BCUT2D eigenvalue weighted by Gasteiger charge is 2.35. The molecular formula is C23H44O3. The van der Waals surface area contributed by atoms with E-state index in [0.717, 1.165) is 19.1 Å². The van der Waals surface area contributed by atoms with Crippen molar-refractivity contribution in [3.63, 3.8) is 0 Å². The normalized spacial score (nSPS) is 12.9. The molecule has 0 saturated heterocycles. The molecule has 0 bridgehead atoms. The Morgan fingerprint density at radius 2 is 1.23 bits per heavy atom. The molecule has 0 aliphatic heterocycles. The van der Waals surface area contributed by atoms with Crippen LogP contribution in [0, 0.1) is 11.3 Å². The number of hydrogen-bond acceptors (Lipinski definition) is 2. The lowest BCUT2D eigenvalue weighted by Crippen LogP contribution is -2.33. The lowest BCUT2D eigenvalue weighted by Gasteiger charge is -2.30. The molecule has 0 aliphatic carbocycles. The summed E-state index contributed by atoms with van der Waals surface area (Å²) in [5.41, 5.74) is -0.736. The Morgan fingerprint density at radius 3 is 1.62 bits per heavy atom. The number of carboxylic acid groups (broad SMARTS) is 1. The third kappa shape index (κ3) is 12.5. The number of unbranched alkanes of at least 4 members (excludes halogenated alkanes) is 12. The van der Waals surface area contributed by atoms with Crippen molar-refractivity contribution in [1.82, 2.24) is 0 Å². The number of aliphatic carboxylic acids is 1. The molecule has 1 N–H and O–H groups in total. The number of carbonyl (C=O) groups is 2. The molecule has 0 aromatic rings. The van der Waals surface area contributed by atoms with E-state index in [0.29, 0.717) is 12.8 Å². The number of carbonyl (C=O) groups excluding carboxylic acids is 1. The quantitative estimate of drug-likeness (QED) is 0.194. The minimum absolute atomic E-state index is 0.0953. The van der Waals surface area contributed by atoms with Gasteiger partial charge in [-0.25, -0.2) is 0 Å². The summed E-state index contributed by atoms with van der Waals surface area (Å²) in [7, 11) is 0. The van der Waals surface area contributed by atoms with E-state index >= 15 is 0 Å². The van der Waals surface area contributed by atoms with Crippen LogP contribution in [0.1, 0.15) is 124 Å². The van der Waals surface area contributed by atoms with Gasteiger partial charge in [-0.3, -0.25) is 4.79 Å². The predicted octanol–water partition coefficient (Wildman–Crippen LogP) is 7.17. The van der Waals surface area contributed by atoms with Gasteiger partial charge in [-0.1, -0.05) is 90.4 Å². The molecule has 3 nitrogen and oxygen atoms in total. The monoisotopic (exact) mass is 368 g/mol. The van der Waals surface area contributed by atoms with Gasteiger partial charge in [-0.05, 0) is 32.6 Å². The van der Waals surface area contributed by atoms with E-state index in [1.165, 1.54) is 77.0 Å². The summed E-state index contributed by atoms with van der Waals surface area (Å²) in [4.78, 5) is 22.1. The minimum atomic E-state index is -0.747. The molecule has 0 rings (SSSR count). The first-order valence-corrected chi connectivity index (χ1v) is 11.1. The van der Waals surface area contributed by atoms with Gasteiger partial charge >= 0.3 is 5.97 Å². The molecule has 0 aliphatic rings. The van der Waals surface area contributed by atoms with Crippen LogP contribution in [0.15, 0.2) is 0 Å². The second kappa shape index (κ2) is 16.3. The molecule has 0 radical (unpaired) electrons. The molecule has 0 aromatic carbocycles. The molecule has 3 heteroatoms. The zero-order chi connectivity index (χ0) is 19.7. The van der Waals surface area contributed by atoms with Gasteiger partial charge in [0, 0.05) is 6.42 Å². The van der Waals surface area contributed by atoms with Gasteiger partial charge in [-0.2, -0.15) is 0 Å². The summed E-state index contributed by atoms with van der Waals surface area (Å²) < 4.78 is 0. The summed E-state index contributed by atoms with van der Waals surface area (Å²) in [5, 5.41) is 9.43. The third-order valence-electron chi connectivity index (χ3n) is 5.86. The average molecular weight is 369 g/mol. The molecule has 0 amide bonds. The lowest BCUT2D eigenvalue weighted by atomic mass is 9.74. The summed E-state index contributed by atoms with van der Waals surface area (Å²) in [6.07, 6.45) is 20.2. The summed E-state index contributed by atoms with van der Waals surface area (Å²) in [6, 6.07) is 0. The van der Waals surface area contributed by atoms with E-state index in [9.17, 15) is 14.7 Å². The van der Waals surface area contributed by atoms with Crippen LogP contribution in [0.5, 0.6) is 0 Å². The van der Waals surface area contributed by atoms with Crippen molar-refractivity contribution in [1.29, 1.82) is 0 Å². The Morgan fingerprint density at radius 1 is 0.808 bits per heavy atom. The van der Waals surface area contributed by atoms with E-state index in [4.69, 9.17) is 0 Å². The first kappa shape index (κ1) is 25.1. The van der Waals surface area contributed by atoms with E-state index in [1.807, 2.05) is 0 Å². The van der Waals surface area contributed by atoms with Crippen LogP contribution >= 0.6 is 0 Å². The first-order valence-electron chi connectivity index (χ1n) is 11.1. The van der Waals surface area contributed by atoms with Crippen LogP contribution in [0.25, 0.3) is 0 Å². The molecule has 0 spiro atoms. The summed E-state index contributed by atoms with van der Waals surface area (Å²) >= 11 is 0. The maximum Gasteiger partial charge on any atom is 0.309 e. The lowest BCUT2D eigenvalue weighted by molar-refractivity contribution is -0.150.